The minimum absolute atomic E-state index is 0.0135. The van der Waals surface area contributed by atoms with Gasteiger partial charge < -0.3 is 9.47 Å². The fraction of sp³-hybridized carbons (Fsp3) is 0.321. The molecule has 0 N–H and O–H groups in total. The highest BCUT2D eigenvalue weighted by molar-refractivity contribution is 5.89. The summed E-state index contributed by atoms with van der Waals surface area (Å²) in [6, 6.07) is 26.6. The van der Waals surface area contributed by atoms with Crippen molar-refractivity contribution in [2.24, 2.45) is 0 Å². The summed E-state index contributed by atoms with van der Waals surface area (Å²) in [6.45, 7) is 1.64. The van der Waals surface area contributed by atoms with E-state index in [0.717, 1.165) is 32.4 Å². The van der Waals surface area contributed by atoms with Crippen LogP contribution in [0.15, 0.2) is 84.9 Å². The Kier molecular flexibility index (Phi) is 6.88. The van der Waals surface area contributed by atoms with E-state index in [9.17, 15) is 14.9 Å². The van der Waals surface area contributed by atoms with E-state index in [1.807, 2.05) is 12.1 Å². The number of non-ortho nitro benzene ring substituents is 1. The van der Waals surface area contributed by atoms with Crippen molar-refractivity contribution >= 4 is 11.7 Å². The van der Waals surface area contributed by atoms with Crippen LogP contribution in [0.5, 0.6) is 0 Å². The maximum absolute atomic E-state index is 12.7. The Hall–Kier alpha value is -3.55. The minimum atomic E-state index is -0.486. The lowest BCUT2D eigenvalue weighted by Gasteiger charge is -2.31. The summed E-state index contributed by atoms with van der Waals surface area (Å²) in [5.41, 5.74) is 2.77. The average Bonchev–Trinajstić information content (AvgIpc) is 3.68. The molecule has 180 valence electrons. The summed E-state index contributed by atoms with van der Waals surface area (Å²) < 4.78 is 11.9. The first-order chi connectivity index (χ1) is 17.1. The van der Waals surface area contributed by atoms with Gasteiger partial charge in [0, 0.05) is 31.3 Å². The molecule has 0 spiro atoms. The van der Waals surface area contributed by atoms with Gasteiger partial charge in [0.2, 0.25) is 0 Å². The number of fused-ring (bicyclic) bond motifs is 1. The van der Waals surface area contributed by atoms with Gasteiger partial charge in [0.25, 0.3) is 5.69 Å². The fourth-order valence-corrected chi connectivity index (χ4v) is 4.97. The van der Waals surface area contributed by atoms with Gasteiger partial charge in [-0.3, -0.25) is 15.0 Å². The molecule has 0 unspecified atom stereocenters. The summed E-state index contributed by atoms with van der Waals surface area (Å²) in [6.07, 6.45) is 2.20. The first-order valence-electron chi connectivity index (χ1n) is 12.0. The molecule has 35 heavy (non-hydrogen) atoms. The van der Waals surface area contributed by atoms with E-state index in [2.05, 4.69) is 53.4 Å². The van der Waals surface area contributed by atoms with E-state index in [-0.39, 0.29) is 30.0 Å². The van der Waals surface area contributed by atoms with Crippen LogP contribution in [0.1, 0.15) is 40.7 Å². The molecule has 0 radical (unpaired) electrons. The lowest BCUT2D eigenvalue weighted by Crippen LogP contribution is -2.39. The lowest BCUT2D eigenvalue weighted by molar-refractivity contribution is -0.384. The summed E-state index contributed by atoms with van der Waals surface area (Å²) in [7, 11) is 0. The first kappa shape index (κ1) is 23.2. The standard InChI is InChI=1S/C28H28N2O5/c31-28(22-14-16-23(17-15-22)30(32)33)34-25-13-7-12-24(26-27(25)35-26)29(18-20-8-3-1-4-9-20)19-21-10-5-2-6-11-21/h1-6,8-11,14-17,24-27H,7,12-13,18-19H2/t24-,25+,26+,27-/m0/s1. The lowest BCUT2D eigenvalue weighted by atomic mass is 10.0. The first-order valence-corrected chi connectivity index (χ1v) is 12.0. The molecule has 4 atom stereocenters. The van der Waals surface area contributed by atoms with Crippen LogP contribution < -0.4 is 0 Å². The predicted molar refractivity (Wildman–Crippen MR) is 131 cm³/mol. The summed E-state index contributed by atoms with van der Waals surface area (Å²) >= 11 is 0. The largest absolute Gasteiger partial charge is 0.456 e. The smallest absolute Gasteiger partial charge is 0.338 e. The molecule has 3 aromatic carbocycles. The number of epoxide rings is 1. The maximum Gasteiger partial charge on any atom is 0.338 e. The van der Waals surface area contributed by atoms with Crippen molar-refractivity contribution in [2.75, 3.05) is 0 Å². The molecule has 1 heterocycles. The fourth-order valence-electron chi connectivity index (χ4n) is 4.97. The van der Waals surface area contributed by atoms with Crippen molar-refractivity contribution in [1.82, 2.24) is 4.90 Å². The maximum atomic E-state index is 12.7. The third-order valence-electron chi connectivity index (χ3n) is 6.79. The van der Waals surface area contributed by atoms with E-state index in [4.69, 9.17) is 9.47 Å². The second kappa shape index (κ2) is 10.4. The van der Waals surface area contributed by atoms with Crippen molar-refractivity contribution in [3.05, 3.63) is 112 Å². The van der Waals surface area contributed by atoms with Crippen LogP contribution in [0.4, 0.5) is 5.69 Å². The highest BCUT2D eigenvalue weighted by Crippen LogP contribution is 2.40. The van der Waals surface area contributed by atoms with Crippen molar-refractivity contribution in [3.63, 3.8) is 0 Å². The average molecular weight is 473 g/mol. The van der Waals surface area contributed by atoms with Crippen molar-refractivity contribution in [2.45, 2.75) is 56.7 Å². The molecule has 3 aromatic rings. The topological polar surface area (TPSA) is 85.2 Å². The molecule has 0 amide bonds. The number of nitro groups is 1. The third-order valence-corrected chi connectivity index (χ3v) is 6.79. The van der Waals surface area contributed by atoms with Gasteiger partial charge >= 0.3 is 5.97 Å². The van der Waals surface area contributed by atoms with Gasteiger partial charge in [-0.25, -0.2) is 4.79 Å². The summed E-state index contributed by atoms with van der Waals surface area (Å²) in [4.78, 5) is 25.6. The monoisotopic (exact) mass is 472 g/mol. The highest BCUT2D eigenvalue weighted by Gasteiger charge is 2.54. The number of nitrogens with zero attached hydrogens (tertiary/aromatic N) is 2. The Labute approximate surface area is 204 Å². The molecule has 2 aliphatic rings. The second-order valence-corrected chi connectivity index (χ2v) is 9.19. The third kappa shape index (κ3) is 5.58. The SMILES string of the molecule is O=C(O[C@@H]1CCC[C@H](N(Cc2ccccc2)Cc2ccccc2)[C@H]2O[C@H]21)c1ccc([N+](=O)[O-])cc1. The Bertz CT molecular complexity index is 1110. The second-order valence-electron chi connectivity index (χ2n) is 9.19. The normalized spacial score (nSPS) is 23.2. The molecule has 1 aliphatic carbocycles. The minimum Gasteiger partial charge on any atom is -0.456 e. The molecule has 0 aromatic heterocycles. The summed E-state index contributed by atoms with van der Waals surface area (Å²) in [5.74, 6) is -0.469. The van der Waals surface area contributed by atoms with Gasteiger partial charge in [0.05, 0.1) is 10.5 Å². The molecule has 5 rings (SSSR count). The molecule has 7 nitrogen and oxygen atoms in total. The van der Waals surface area contributed by atoms with Gasteiger partial charge in [-0.2, -0.15) is 0 Å². The molecule has 1 saturated carbocycles. The Morgan fingerprint density at radius 2 is 1.49 bits per heavy atom. The van der Waals surface area contributed by atoms with Gasteiger partial charge in [0.1, 0.15) is 18.3 Å². The number of hydrogen-bond donors (Lipinski definition) is 0. The molecule has 2 fully saturated rings. The predicted octanol–water partition coefficient (Wildman–Crippen LogP) is 5.14. The van der Waals surface area contributed by atoms with Crippen molar-refractivity contribution in [3.8, 4) is 0 Å². The van der Waals surface area contributed by atoms with E-state index in [1.165, 1.54) is 35.4 Å². The van der Waals surface area contributed by atoms with Gasteiger partial charge in [-0.15, -0.1) is 0 Å². The number of hydrogen-bond acceptors (Lipinski definition) is 6. The van der Waals surface area contributed by atoms with Crippen LogP contribution in [0.2, 0.25) is 0 Å². The Balaban J connectivity index is 1.28. The van der Waals surface area contributed by atoms with E-state index < -0.39 is 10.9 Å². The number of ether oxygens (including phenoxy) is 2. The van der Waals surface area contributed by atoms with Crippen molar-refractivity contribution < 1.29 is 19.2 Å². The molecule has 1 aliphatic heterocycles. The Morgan fingerprint density at radius 1 is 0.886 bits per heavy atom. The number of esters is 1. The van der Waals surface area contributed by atoms with Gasteiger partial charge in [0.15, 0.2) is 0 Å². The van der Waals surface area contributed by atoms with E-state index >= 15 is 0 Å². The van der Waals surface area contributed by atoms with E-state index in [1.54, 1.807) is 0 Å². The zero-order valence-electron chi connectivity index (χ0n) is 19.4. The van der Waals surface area contributed by atoms with Crippen molar-refractivity contribution in [1.29, 1.82) is 0 Å². The van der Waals surface area contributed by atoms with Gasteiger partial charge in [-0.05, 0) is 42.5 Å². The molecule has 1 saturated heterocycles. The van der Waals surface area contributed by atoms with Crippen LogP contribution in [0.25, 0.3) is 0 Å². The van der Waals surface area contributed by atoms with Gasteiger partial charge in [-0.1, -0.05) is 60.7 Å². The van der Waals surface area contributed by atoms with Crippen LogP contribution in [0, 0.1) is 10.1 Å². The molecular formula is C28H28N2O5. The van der Waals surface area contributed by atoms with Crippen LogP contribution in [0.3, 0.4) is 0 Å². The number of nitro benzene ring substituents is 1. The highest BCUT2D eigenvalue weighted by atomic mass is 16.6. The number of rotatable bonds is 8. The van der Waals surface area contributed by atoms with E-state index in [0.29, 0.717) is 5.56 Å². The van der Waals surface area contributed by atoms with Crippen LogP contribution >= 0.6 is 0 Å². The van der Waals surface area contributed by atoms with Crippen LogP contribution in [-0.4, -0.2) is 40.1 Å². The number of carbonyl (C=O) groups excluding carboxylic acids is 1. The zero-order chi connectivity index (χ0) is 24.2. The quantitative estimate of drug-likeness (QED) is 0.195. The zero-order valence-corrected chi connectivity index (χ0v) is 19.4. The number of carbonyl (C=O) groups is 1. The molecule has 0 bridgehead atoms. The number of benzene rings is 3. The molecular weight excluding hydrogens is 444 g/mol. The Morgan fingerprint density at radius 3 is 2.06 bits per heavy atom. The van der Waals surface area contributed by atoms with Crippen LogP contribution in [-0.2, 0) is 22.6 Å². The molecule has 7 heteroatoms. The summed E-state index contributed by atoms with van der Waals surface area (Å²) in [5, 5.41) is 10.9.